The molecule has 1 aliphatic rings. The van der Waals surface area contributed by atoms with Crippen molar-refractivity contribution in [3.63, 3.8) is 0 Å². The average molecular weight is 159 g/mol. The summed E-state index contributed by atoms with van der Waals surface area (Å²) >= 11 is 0. The van der Waals surface area contributed by atoms with Gasteiger partial charge in [-0.1, -0.05) is 0 Å². The zero-order chi connectivity index (χ0) is 8.27. The van der Waals surface area contributed by atoms with Crippen LogP contribution in [0.3, 0.4) is 0 Å². The number of likely N-dealkylation sites (tertiary alicyclic amines) is 1. The molecule has 1 rings (SSSR count). The Balaban J connectivity index is 2.32. The number of rotatable bonds is 2. The molecule has 0 aromatic rings. The molecule has 0 saturated carbocycles. The van der Waals surface area contributed by atoms with E-state index in [-0.39, 0.29) is 5.92 Å². The quantitative estimate of drug-likeness (QED) is 0.557. The summed E-state index contributed by atoms with van der Waals surface area (Å²) in [6.07, 6.45) is 0.826. The Labute approximate surface area is 66.4 Å². The largest absolute Gasteiger partial charge is 0.306 e. The molecule has 0 aromatic carbocycles. The molecule has 0 amide bonds. The van der Waals surface area contributed by atoms with E-state index in [1.807, 2.05) is 7.05 Å². The normalized spacial score (nSPS) is 24.9. The van der Waals surface area contributed by atoms with Crippen LogP contribution in [0.15, 0.2) is 0 Å². The highest BCUT2D eigenvalue weighted by Gasteiger charge is 2.24. The van der Waals surface area contributed by atoms with Gasteiger partial charge in [-0.2, -0.15) is 0 Å². The van der Waals surface area contributed by atoms with Gasteiger partial charge in [-0.15, -0.1) is 0 Å². The molecular weight excluding hydrogens is 145 g/mol. The van der Waals surface area contributed by atoms with E-state index < -0.39 is 6.17 Å². The Kier molecular flexibility index (Phi) is 3.00. The third-order valence-electron chi connectivity index (χ3n) is 2.34. The molecule has 2 nitrogen and oxygen atoms in total. The molecular formula is C8H14FNO. The third kappa shape index (κ3) is 2.26. The Bertz CT molecular complexity index is 132. The Morgan fingerprint density at radius 3 is 2.55 bits per heavy atom. The van der Waals surface area contributed by atoms with Gasteiger partial charge >= 0.3 is 0 Å². The van der Waals surface area contributed by atoms with Gasteiger partial charge in [0.2, 0.25) is 0 Å². The lowest BCUT2D eigenvalue weighted by molar-refractivity contribution is -0.114. The van der Waals surface area contributed by atoms with Crippen molar-refractivity contribution in [3.8, 4) is 0 Å². The van der Waals surface area contributed by atoms with Crippen LogP contribution in [-0.4, -0.2) is 37.5 Å². The lowest BCUT2D eigenvalue weighted by atomic mass is 9.93. The molecule has 0 radical (unpaired) electrons. The van der Waals surface area contributed by atoms with Crippen molar-refractivity contribution in [2.75, 3.05) is 20.1 Å². The standard InChI is InChI=1S/C8H14FNO/c1-10-4-2-7(3-5-10)8(9)6-11/h6-8H,2-5H2,1H3. The first-order valence-corrected chi connectivity index (χ1v) is 4.02. The summed E-state index contributed by atoms with van der Waals surface area (Å²) in [5.41, 5.74) is 0. The van der Waals surface area contributed by atoms with E-state index in [9.17, 15) is 9.18 Å². The molecule has 0 bridgehead atoms. The van der Waals surface area contributed by atoms with Gasteiger partial charge in [0.05, 0.1) is 0 Å². The van der Waals surface area contributed by atoms with Crippen LogP contribution in [0.1, 0.15) is 12.8 Å². The second-order valence-corrected chi connectivity index (χ2v) is 3.22. The summed E-state index contributed by atoms with van der Waals surface area (Å²) in [7, 11) is 2.02. The molecule has 1 fully saturated rings. The van der Waals surface area contributed by atoms with Gasteiger partial charge in [0, 0.05) is 0 Å². The Hall–Kier alpha value is -0.440. The number of halogens is 1. The van der Waals surface area contributed by atoms with E-state index in [1.165, 1.54) is 0 Å². The number of alkyl halides is 1. The highest BCUT2D eigenvalue weighted by Crippen LogP contribution is 2.20. The van der Waals surface area contributed by atoms with E-state index >= 15 is 0 Å². The maximum Gasteiger partial charge on any atom is 0.158 e. The Morgan fingerprint density at radius 1 is 1.55 bits per heavy atom. The van der Waals surface area contributed by atoms with E-state index in [4.69, 9.17) is 0 Å². The molecule has 0 aromatic heterocycles. The van der Waals surface area contributed by atoms with Gasteiger partial charge in [-0.25, -0.2) is 4.39 Å². The molecule has 0 spiro atoms. The van der Waals surface area contributed by atoms with Crippen LogP contribution >= 0.6 is 0 Å². The fourth-order valence-corrected chi connectivity index (χ4v) is 1.46. The smallest absolute Gasteiger partial charge is 0.158 e. The molecule has 1 aliphatic heterocycles. The zero-order valence-corrected chi connectivity index (χ0v) is 6.79. The zero-order valence-electron chi connectivity index (χ0n) is 6.79. The second-order valence-electron chi connectivity index (χ2n) is 3.22. The van der Waals surface area contributed by atoms with E-state index in [0.29, 0.717) is 6.29 Å². The highest BCUT2D eigenvalue weighted by molar-refractivity contribution is 5.56. The fourth-order valence-electron chi connectivity index (χ4n) is 1.46. The van der Waals surface area contributed by atoms with Crippen molar-refractivity contribution in [2.45, 2.75) is 19.0 Å². The lowest BCUT2D eigenvalue weighted by Crippen LogP contribution is -2.34. The average Bonchev–Trinajstić information content (AvgIpc) is 2.05. The maximum absolute atomic E-state index is 12.8. The number of piperidine rings is 1. The summed E-state index contributed by atoms with van der Waals surface area (Å²) in [6, 6.07) is 0. The third-order valence-corrected chi connectivity index (χ3v) is 2.34. The molecule has 1 saturated heterocycles. The number of carbonyl (C=O) groups excluding carboxylic acids is 1. The molecule has 1 heterocycles. The molecule has 3 heteroatoms. The molecule has 1 unspecified atom stereocenters. The highest BCUT2D eigenvalue weighted by atomic mass is 19.1. The van der Waals surface area contributed by atoms with Crippen LogP contribution in [0.4, 0.5) is 4.39 Å². The minimum Gasteiger partial charge on any atom is -0.306 e. The first-order chi connectivity index (χ1) is 5.24. The van der Waals surface area contributed by atoms with Crippen molar-refractivity contribution in [1.82, 2.24) is 4.90 Å². The lowest BCUT2D eigenvalue weighted by Gasteiger charge is -2.28. The van der Waals surface area contributed by atoms with Crippen molar-refractivity contribution in [2.24, 2.45) is 5.92 Å². The van der Waals surface area contributed by atoms with Crippen molar-refractivity contribution >= 4 is 6.29 Å². The number of hydrogen-bond acceptors (Lipinski definition) is 2. The number of carbonyl (C=O) groups is 1. The summed E-state index contributed by atoms with van der Waals surface area (Å²) < 4.78 is 12.8. The molecule has 64 valence electrons. The number of nitrogens with zero attached hydrogens (tertiary/aromatic N) is 1. The van der Waals surface area contributed by atoms with Gasteiger partial charge in [0.1, 0.15) is 0 Å². The molecule has 0 aliphatic carbocycles. The summed E-state index contributed by atoms with van der Waals surface area (Å²) in [4.78, 5) is 12.3. The maximum atomic E-state index is 12.8. The summed E-state index contributed by atoms with van der Waals surface area (Å²) in [5, 5.41) is 0. The molecule has 0 N–H and O–H groups in total. The fraction of sp³-hybridized carbons (Fsp3) is 0.875. The van der Waals surface area contributed by atoms with Gasteiger partial charge in [0.25, 0.3) is 0 Å². The van der Waals surface area contributed by atoms with Crippen LogP contribution in [0, 0.1) is 5.92 Å². The SMILES string of the molecule is CN1CCC(C(F)C=O)CC1. The second kappa shape index (κ2) is 3.81. The Morgan fingerprint density at radius 2 is 2.09 bits per heavy atom. The monoisotopic (exact) mass is 159 g/mol. The van der Waals surface area contributed by atoms with Crippen LogP contribution in [-0.2, 0) is 4.79 Å². The van der Waals surface area contributed by atoms with Crippen molar-refractivity contribution in [3.05, 3.63) is 0 Å². The minimum atomic E-state index is -1.23. The predicted octanol–water partition coefficient (Wildman–Crippen LogP) is 0.865. The van der Waals surface area contributed by atoms with Crippen LogP contribution < -0.4 is 0 Å². The summed E-state index contributed by atoms with van der Waals surface area (Å²) in [5.74, 6) is -0.0244. The van der Waals surface area contributed by atoms with Gasteiger partial charge in [0.15, 0.2) is 12.5 Å². The van der Waals surface area contributed by atoms with E-state index in [1.54, 1.807) is 0 Å². The van der Waals surface area contributed by atoms with Crippen molar-refractivity contribution in [1.29, 1.82) is 0 Å². The molecule has 1 atom stereocenters. The first-order valence-electron chi connectivity index (χ1n) is 4.02. The number of hydrogen-bond donors (Lipinski definition) is 0. The van der Waals surface area contributed by atoms with Gasteiger partial charge in [-0.3, -0.25) is 0 Å². The van der Waals surface area contributed by atoms with E-state index in [2.05, 4.69) is 4.90 Å². The summed E-state index contributed by atoms with van der Waals surface area (Å²) in [6.45, 7) is 1.83. The minimum absolute atomic E-state index is 0.0244. The predicted molar refractivity (Wildman–Crippen MR) is 41.2 cm³/mol. The van der Waals surface area contributed by atoms with Gasteiger partial charge in [-0.05, 0) is 38.9 Å². The first kappa shape index (κ1) is 8.65. The van der Waals surface area contributed by atoms with Crippen molar-refractivity contribution < 1.29 is 9.18 Å². The van der Waals surface area contributed by atoms with Crippen LogP contribution in [0.2, 0.25) is 0 Å². The topological polar surface area (TPSA) is 20.3 Å². The van der Waals surface area contributed by atoms with Gasteiger partial charge < -0.3 is 9.69 Å². The van der Waals surface area contributed by atoms with E-state index in [0.717, 1.165) is 25.9 Å². The van der Waals surface area contributed by atoms with Crippen LogP contribution in [0.25, 0.3) is 0 Å². The van der Waals surface area contributed by atoms with Crippen LogP contribution in [0.5, 0.6) is 0 Å². The number of aldehydes is 1. The molecule has 11 heavy (non-hydrogen) atoms.